The Morgan fingerprint density at radius 3 is 2.41 bits per heavy atom. The Labute approximate surface area is 205 Å². The Kier molecular flexibility index (Phi) is 6.34. The van der Waals surface area contributed by atoms with Crippen LogP contribution in [0, 0.1) is 0 Å². The lowest BCUT2D eigenvalue weighted by atomic mass is 10.1. The molecule has 0 aromatic heterocycles. The molecule has 2 aliphatic heterocycles. The number of nitrogens with zero attached hydrogens (tertiary/aromatic N) is 3. The molecule has 2 heterocycles. The number of halogens is 1. The zero-order valence-corrected chi connectivity index (χ0v) is 20.3. The lowest BCUT2D eigenvalue weighted by molar-refractivity contribution is 0.0628. The highest BCUT2D eigenvalue weighted by molar-refractivity contribution is 7.92. The summed E-state index contributed by atoms with van der Waals surface area (Å²) in [5.41, 5.74) is 3.29. The third-order valence-electron chi connectivity index (χ3n) is 6.47. The van der Waals surface area contributed by atoms with Gasteiger partial charge in [0.05, 0.1) is 10.6 Å². The maximum Gasteiger partial charge on any atom is 0.264 e. The summed E-state index contributed by atoms with van der Waals surface area (Å²) in [5.74, 6) is -0.138. The van der Waals surface area contributed by atoms with Gasteiger partial charge in [0.15, 0.2) is 0 Å². The van der Waals surface area contributed by atoms with E-state index in [9.17, 15) is 13.2 Å². The van der Waals surface area contributed by atoms with Gasteiger partial charge in [0, 0.05) is 49.9 Å². The summed E-state index contributed by atoms with van der Waals surface area (Å²) in [5, 5.41) is 0.721. The zero-order valence-electron chi connectivity index (χ0n) is 18.7. The third-order valence-corrected chi connectivity index (χ3v) is 8.51. The van der Waals surface area contributed by atoms with Gasteiger partial charge in [-0.1, -0.05) is 48.0 Å². The Hall–Kier alpha value is -2.87. The first-order valence-electron chi connectivity index (χ1n) is 11.4. The Bertz CT molecular complexity index is 1320. The zero-order chi connectivity index (χ0) is 23.7. The molecule has 8 heteroatoms. The summed E-state index contributed by atoms with van der Waals surface area (Å²) < 4.78 is 28.2. The predicted molar refractivity (Wildman–Crippen MR) is 134 cm³/mol. The number of benzene rings is 3. The van der Waals surface area contributed by atoms with Crippen molar-refractivity contribution in [3.63, 3.8) is 0 Å². The van der Waals surface area contributed by atoms with E-state index in [0.717, 1.165) is 41.5 Å². The highest BCUT2D eigenvalue weighted by atomic mass is 35.5. The standard InChI is InChI=1S/C26H26ClN3O3S/c27-23-8-3-5-20(17-23)19-28-13-15-29(16-14-28)26(31)22-7-4-9-24(18-22)34(32,33)30-12-11-21-6-1-2-10-25(21)30/h1-10,17-18H,11-16,19H2. The van der Waals surface area contributed by atoms with Gasteiger partial charge in [-0.2, -0.15) is 0 Å². The molecule has 0 radical (unpaired) electrons. The molecule has 0 N–H and O–H groups in total. The van der Waals surface area contributed by atoms with Crippen molar-refractivity contribution in [3.8, 4) is 0 Å². The van der Waals surface area contributed by atoms with Crippen LogP contribution >= 0.6 is 11.6 Å². The monoisotopic (exact) mass is 495 g/mol. The molecule has 1 saturated heterocycles. The van der Waals surface area contributed by atoms with E-state index in [1.54, 1.807) is 23.1 Å². The van der Waals surface area contributed by atoms with Crippen molar-refractivity contribution in [2.24, 2.45) is 0 Å². The first-order valence-corrected chi connectivity index (χ1v) is 13.2. The van der Waals surface area contributed by atoms with Gasteiger partial charge in [-0.15, -0.1) is 0 Å². The topological polar surface area (TPSA) is 60.9 Å². The highest BCUT2D eigenvalue weighted by Crippen LogP contribution is 2.33. The summed E-state index contributed by atoms with van der Waals surface area (Å²) in [4.78, 5) is 17.4. The molecule has 1 amide bonds. The number of hydrogen-bond acceptors (Lipinski definition) is 4. The van der Waals surface area contributed by atoms with Crippen LogP contribution in [0.25, 0.3) is 0 Å². The van der Waals surface area contributed by atoms with Crippen molar-refractivity contribution in [1.29, 1.82) is 0 Å². The maximum absolute atomic E-state index is 13.4. The molecule has 0 bridgehead atoms. The fraction of sp³-hybridized carbons (Fsp3) is 0.269. The predicted octanol–water partition coefficient (Wildman–Crippen LogP) is 4.05. The van der Waals surface area contributed by atoms with Crippen LogP contribution in [-0.4, -0.2) is 56.8 Å². The smallest absolute Gasteiger partial charge is 0.264 e. The number of carbonyl (C=O) groups excluding carboxylic acids is 1. The van der Waals surface area contributed by atoms with Crippen LogP contribution in [-0.2, 0) is 23.0 Å². The fourth-order valence-electron chi connectivity index (χ4n) is 4.66. The molecule has 0 spiro atoms. The largest absolute Gasteiger partial charge is 0.336 e. The van der Waals surface area contributed by atoms with Gasteiger partial charge in [-0.05, 0) is 53.9 Å². The quantitative estimate of drug-likeness (QED) is 0.536. The average Bonchev–Trinajstić information content (AvgIpc) is 3.29. The van der Waals surface area contributed by atoms with Gasteiger partial charge in [0.1, 0.15) is 0 Å². The number of piperazine rings is 1. The Morgan fingerprint density at radius 1 is 0.853 bits per heavy atom. The van der Waals surface area contributed by atoms with Crippen LogP contribution in [0.2, 0.25) is 5.02 Å². The van der Waals surface area contributed by atoms with Gasteiger partial charge in [-0.3, -0.25) is 14.0 Å². The van der Waals surface area contributed by atoms with Gasteiger partial charge >= 0.3 is 0 Å². The van der Waals surface area contributed by atoms with Gasteiger partial charge in [0.25, 0.3) is 15.9 Å². The lowest BCUT2D eigenvalue weighted by Crippen LogP contribution is -2.48. The number of anilines is 1. The molecular formula is C26H26ClN3O3S. The number of fused-ring (bicyclic) bond motifs is 1. The molecular weight excluding hydrogens is 470 g/mol. The summed E-state index contributed by atoms with van der Waals surface area (Å²) >= 11 is 6.09. The van der Waals surface area contributed by atoms with E-state index >= 15 is 0 Å². The molecule has 1 fully saturated rings. The number of amides is 1. The van der Waals surface area contributed by atoms with Gasteiger partial charge in [-0.25, -0.2) is 8.42 Å². The first-order chi connectivity index (χ1) is 16.4. The minimum atomic E-state index is -3.74. The molecule has 0 unspecified atom stereocenters. The van der Waals surface area contributed by atoms with Crippen LogP contribution in [0.4, 0.5) is 5.69 Å². The summed E-state index contributed by atoms with van der Waals surface area (Å²) in [6.45, 7) is 3.88. The molecule has 0 aliphatic carbocycles. The van der Waals surface area contributed by atoms with Gasteiger partial charge < -0.3 is 4.90 Å². The SMILES string of the molecule is O=C(c1cccc(S(=O)(=O)N2CCc3ccccc32)c1)N1CCN(Cc2cccc(Cl)c2)CC1. The highest BCUT2D eigenvalue weighted by Gasteiger charge is 2.31. The maximum atomic E-state index is 13.4. The van der Waals surface area contributed by atoms with E-state index < -0.39 is 10.0 Å². The Balaban J connectivity index is 1.27. The first kappa shape index (κ1) is 22.9. The van der Waals surface area contributed by atoms with Crippen LogP contribution in [0.15, 0.2) is 77.7 Å². The molecule has 3 aromatic carbocycles. The van der Waals surface area contributed by atoms with Crippen LogP contribution in [0.3, 0.4) is 0 Å². The van der Waals surface area contributed by atoms with Crippen molar-refractivity contribution >= 4 is 33.2 Å². The number of sulfonamides is 1. The third kappa shape index (κ3) is 4.56. The van der Waals surface area contributed by atoms with E-state index in [-0.39, 0.29) is 10.8 Å². The number of carbonyl (C=O) groups is 1. The molecule has 2 aliphatic rings. The van der Waals surface area contributed by atoms with Crippen LogP contribution < -0.4 is 4.31 Å². The van der Waals surface area contributed by atoms with Gasteiger partial charge in [0.2, 0.25) is 0 Å². The second-order valence-corrected chi connectivity index (χ2v) is 11.0. The second-order valence-electron chi connectivity index (χ2n) is 8.68. The van der Waals surface area contributed by atoms with E-state index in [1.165, 1.54) is 10.4 Å². The molecule has 176 valence electrons. The van der Waals surface area contributed by atoms with Crippen molar-refractivity contribution in [3.05, 3.63) is 94.5 Å². The number of hydrogen-bond donors (Lipinski definition) is 0. The minimum Gasteiger partial charge on any atom is -0.336 e. The molecule has 6 nitrogen and oxygen atoms in total. The van der Waals surface area contributed by atoms with E-state index in [4.69, 9.17) is 11.6 Å². The summed E-state index contributed by atoms with van der Waals surface area (Å²) in [6, 6.07) is 21.8. The lowest BCUT2D eigenvalue weighted by Gasteiger charge is -2.35. The van der Waals surface area contributed by atoms with Crippen molar-refractivity contribution < 1.29 is 13.2 Å². The normalized spacial score (nSPS) is 16.5. The molecule has 3 aromatic rings. The fourth-order valence-corrected chi connectivity index (χ4v) is 6.42. The minimum absolute atomic E-state index is 0.138. The van der Waals surface area contributed by atoms with Crippen molar-refractivity contribution in [2.45, 2.75) is 17.9 Å². The summed E-state index contributed by atoms with van der Waals surface area (Å²) in [7, 11) is -3.74. The molecule has 5 rings (SSSR count). The van der Waals surface area contributed by atoms with E-state index in [2.05, 4.69) is 4.90 Å². The van der Waals surface area contributed by atoms with E-state index in [1.807, 2.05) is 48.5 Å². The average molecular weight is 496 g/mol. The van der Waals surface area contributed by atoms with Crippen molar-refractivity contribution in [2.75, 3.05) is 37.0 Å². The van der Waals surface area contributed by atoms with E-state index in [0.29, 0.717) is 31.6 Å². The van der Waals surface area contributed by atoms with Crippen molar-refractivity contribution in [1.82, 2.24) is 9.80 Å². The molecule has 34 heavy (non-hydrogen) atoms. The van der Waals surface area contributed by atoms with Crippen LogP contribution in [0.1, 0.15) is 21.5 Å². The summed E-state index contributed by atoms with van der Waals surface area (Å²) in [6.07, 6.45) is 0.688. The second kappa shape index (κ2) is 9.41. The molecule has 0 saturated carbocycles. The number of rotatable bonds is 5. The van der Waals surface area contributed by atoms with Crippen LogP contribution in [0.5, 0.6) is 0 Å². The number of para-hydroxylation sites is 1. The Morgan fingerprint density at radius 2 is 1.62 bits per heavy atom. The molecule has 0 atom stereocenters.